The Hall–Kier alpha value is -3.26. The summed E-state index contributed by atoms with van der Waals surface area (Å²) in [5.41, 5.74) is 2.45. The molecule has 3 amide bonds. The number of hydrogen-bond donors (Lipinski definition) is 2. The van der Waals surface area contributed by atoms with Gasteiger partial charge in [-0.2, -0.15) is 0 Å². The highest BCUT2D eigenvalue weighted by molar-refractivity contribution is 6.05. The van der Waals surface area contributed by atoms with Crippen LogP contribution in [0.3, 0.4) is 0 Å². The van der Waals surface area contributed by atoms with Crippen LogP contribution < -0.4 is 10.6 Å². The molecule has 1 aliphatic rings. The molecule has 8 nitrogen and oxygen atoms in total. The molecule has 28 heavy (non-hydrogen) atoms. The average Bonchev–Trinajstić information content (AvgIpc) is 2.74. The van der Waals surface area contributed by atoms with Gasteiger partial charge in [0.15, 0.2) is 0 Å². The Morgan fingerprint density at radius 3 is 2.46 bits per heavy atom. The fraction of sp³-hybridized carbons (Fsp3) is 0.300. The Balaban J connectivity index is 1.74. The Morgan fingerprint density at radius 1 is 1.07 bits per heavy atom. The van der Waals surface area contributed by atoms with Crippen LogP contribution in [0.4, 0.5) is 5.69 Å². The molecule has 1 aliphatic heterocycles. The Morgan fingerprint density at radius 2 is 1.82 bits per heavy atom. The number of hydrogen-bond acceptors (Lipinski definition) is 5. The fourth-order valence-corrected chi connectivity index (χ4v) is 2.86. The number of aryl methyl sites for hydroxylation is 1. The van der Waals surface area contributed by atoms with Gasteiger partial charge < -0.3 is 20.3 Å². The van der Waals surface area contributed by atoms with Gasteiger partial charge in [-0.1, -0.05) is 6.07 Å². The van der Waals surface area contributed by atoms with Crippen LogP contribution in [-0.4, -0.2) is 61.0 Å². The van der Waals surface area contributed by atoms with Gasteiger partial charge >= 0.3 is 0 Å². The number of amides is 3. The zero-order chi connectivity index (χ0) is 20.1. The summed E-state index contributed by atoms with van der Waals surface area (Å²) in [7, 11) is 1.51. The minimum Gasteiger partial charge on any atom is -0.378 e. The predicted molar refractivity (Wildman–Crippen MR) is 103 cm³/mol. The minimum absolute atomic E-state index is 0.0755. The number of benzene rings is 1. The SMILES string of the molecule is CNC(=O)c1ccc(C(=O)Nc2ccc(C)c(C(=O)N3CCOCC3)c2)cn1. The van der Waals surface area contributed by atoms with Gasteiger partial charge in [0.2, 0.25) is 0 Å². The van der Waals surface area contributed by atoms with Crippen molar-refractivity contribution in [2.75, 3.05) is 38.7 Å². The second-order valence-electron chi connectivity index (χ2n) is 6.40. The molecule has 8 heteroatoms. The zero-order valence-electron chi connectivity index (χ0n) is 15.8. The topological polar surface area (TPSA) is 101 Å². The van der Waals surface area contributed by atoms with E-state index in [1.165, 1.54) is 25.4 Å². The third-order valence-electron chi connectivity index (χ3n) is 4.51. The zero-order valence-corrected chi connectivity index (χ0v) is 15.8. The van der Waals surface area contributed by atoms with Crippen molar-refractivity contribution >= 4 is 23.4 Å². The summed E-state index contributed by atoms with van der Waals surface area (Å²) in [5, 5.41) is 5.24. The molecule has 0 saturated carbocycles. The molecule has 0 radical (unpaired) electrons. The maximum absolute atomic E-state index is 12.8. The highest BCUT2D eigenvalue weighted by Crippen LogP contribution is 2.19. The molecule has 1 aromatic carbocycles. The van der Waals surface area contributed by atoms with Gasteiger partial charge in [-0.05, 0) is 36.8 Å². The van der Waals surface area contributed by atoms with Crippen LogP contribution >= 0.6 is 0 Å². The van der Waals surface area contributed by atoms with Gasteiger partial charge in [0.1, 0.15) is 5.69 Å². The molecular weight excluding hydrogens is 360 g/mol. The molecule has 0 unspecified atom stereocenters. The summed E-state index contributed by atoms with van der Waals surface area (Å²) >= 11 is 0. The van der Waals surface area contributed by atoms with Gasteiger partial charge in [-0.25, -0.2) is 0 Å². The van der Waals surface area contributed by atoms with Crippen molar-refractivity contribution < 1.29 is 19.1 Å². The molecule has 3 rings (SSSR count). The van der Waals surface area contributed by atoms with Crippen molar-refractivity contribution in [3.63, 3.8) is 0 Å². The van der Waals surface area contributed by atoms with Gasteiger partial charge in [0.25, 0.3) is 17.7 Å². The normalized spacial score (nSPS) is 13.7. The molecule has 0 spiro atoms. The van der Waals surface area contributed by atoms with E-state index < -0.39 is 0 Å². The smallest absolute Gasteiger partial charge is 0.269 e. The monoisotopic (exact) mass is 382 g/mol. The second-order valence-corrected chi connectivity index (χ2v) is 6.40. The first-order valence-corrected chi connectivity index (χ1v) is 8.96. The largest absolute Gasteiger partial charge is 0.378 e. The summed E-state index contributed by atoms with van der Waals surface area (Å²) in [6.45, 7) is 4.03. The van der Waals surface area contributed by atoms with Crippen molar-refractivity contribution in [3.05, 3.63) is 58.9 Å². The van der Waals surface area contributed by atoms with Gasteiger partial charge in [0.05, 0.1) is 18.8 Å². The fourth-order valence-electron chi connectivity index (χ4n) is 2.86. The second kappa shape index (κ2) is 8.62. The van der Waals surface area contributed by atoms with E-state index in [0.717, 1.165) is 5.56 Å². The molecule has 1 saturated heterocycles. The average molecular weight is 382 g/mol. The Kier molecular flexibility index (Phi) is 6.00. The van der Waals surface area contributed by atoms with Crippen LogP contribution in [0, 0.1) is 6.92 Å². The van der Waals surface area contributed by atoms with Crippen molar-refractivity contribution in [3.8, 4) is 0 Å². The Bertz CT molecular complexity index is 890. The molecular formula is C20H22N4O4. The van der Waals surface area contributed by atoms with E-state index in [0.29, 0.717) is 43.1 Å². The van der Waals surface area contributed by atoms with Crippen molar-refractivity contribution in [2.24, 2.45) is 0 Å². The quantitative estimate of drug-likeness (QED) is 0.834. The highest BCUT2D eigenvalue weighted by Gasteiger charge is 2.20. The summed E-state index contributed by atoms with van der Waals surface area (Å²) in [5.74, 6) is -0.769. The number of morpholine rings is 1. The van der Waals surface area contributed by atoms with Crippen molar-refractivity contribution in [2.45, 2.75) is 6.92 Å². The summed E-state index contributed by atoms with van der Waals surface area (Å²) in [4.78, 5) is 42.5. The number of carbonyl (C=O) groups is 3. The number of nitrogens with one attached hydrogen (secondary N) is 2. The van der Waals surface area contributed by atoms with E-state index in [-0.39, 0.29) is 23.4 Å². The van der Waals surface area contributed by atoms with Gasteiger partial charge in [-0.3, -0.25) is 19.4 Å². The van der Waals surface area contributed by atoms with Crippen molar-refractivity contribution in [1.82, 2.24) is 15.2 Å². The lowest BCUT2D eigenvalue weighted by atomic mass is 10.1. The van der Waals surface area contributed by atoms with Crippen LogP contribution in [0.5, 0.6) is 0 Å². The van der Waals surface area contributed by atoms with E-state index in [1.807, 2.05) is 6.92 Å². The van der Waals surface area contributed by atoms with Crippen LogP contribution in [-0.2, 0) is 4.74 Å². The number of nitrogens with zero attached hydrogens (tertiary/aromatic N) is 2. The molecule has 0 aliphatic carbocycles. The standard InChI is InChI=1S/C20H22N4O4/c1-13-3-5-15(11-16(13)20(27)24-7-9-28-10-8-24)23-18(25)14-4-6-17(22-12-14)19(26)21-2/h3-6,11-12H,7-10H2,1-2H3,(H,21,26)(H,23,25). The van der Waals surface area contributed by atoms with Crippen LogP contribution in [0.25, 0.3) is 0 Å². The third kappa shape index (κ3) is 4.34. The summed E-state index contributed by atoms with van der Waals surface area (Å²) < 4.78 is 5.29. The molecule has 146 valence electrons. The number of aromatic nitrogens is 1. The molecule has 1 fully saturated rings. The summed E-state index contributed by atoms with van der Waals surface area (Å²) in [6.07, 6.45) is 1.34. The molecule has 0 atom stereocenters. The Labute approximate surface area is 162 Å². The molecule has 2 N–H and O–H groups in total. The van der Waals surface area contributed by atoms with E-state index in [2.05, 4.69) is 15.6 Å². The van der Waals surface area contributed by atoms with E-state index in [1.54, 1.807) is 23.1 Å². The van der Waals surface area contributed by atoms with E-state index >= 15 is 0 Å². The number of rotatable bonds is 4. The van der Waals surface area contributed by atoms with E-state index in [9.17, 15) is 14.4 Å². The maximum Gasteiger partial charge on any atom is 0.269 e. The lowest BCUT2D eigenvalue weighted by Crippen LogP contribution is -2.41. The first kappa shape index (κ1) is 19.5. The summed E-state index contributed by atoms with van der Waals surface area (Å²) in [6, 6.07) is 8.24. The first-order chi connectivity index (χ1) is 13.5. The lowest BCUT2D eigenvalue weighted by molar-refractivity contribution is 0.0302. The predicted octanol–water partition coefficient (Wildman–Crippen LogP) is 1.47. The van der Waals surface area contributed by atoms with Gasteiger partial charge in [0, 0.05) is 37.6 Å². The highest BCUT2D eigenvalue weighted by atomic mass is 16.5. The lowest BCUT2D eigenvalue weighted by Gasteiger charge is -2.27. The first-order valence-electron chi connectivity index (χ1n) is 8.96. The van der Waals surface area contributed by atoms with Crippen LogP contribution in [0.1, 0.15) is 36.8 Å². The number of anilines is 1. The number of pyridine rings is 1. The molecule has 0 bridgehead atoms. The molecule has 1 aromatic heterocycles. The minimum atomic E-state index is -0.371. The van der Waals surface area contributed by atoms with E-state index in [4.69, 9.17) is 4.74 Å². The number of ether oxygens (including phenoxy) is 1. The molecule has 2 heterocycles. The number of carbonyl (C=O) groups excluding carboxylic acids is 3. The maximum atomic E-state index is 12.8. The third-order valence-corrected chi connectivity index (χ3v) is 4.51. The van der Waals surface area contributed by atoms with Gasteiger partial charge in [-0.15, -0.1) is 0 Å². The van der Waals surface area contributed by atoms with Crippen LogP contribution in [0.15, 0.2) is 36.5 Å². The van der Waals surface area contributed by atoms with Crippen molar-refractivity contribution in [1.29, 1.82) is 0 Å². The molecule has 2 aromatic rings. The van der Waals surface area contributed by atoms with Crippen LogP contribution in [0.2, 0.25) is 0 Å².